The first-order valence-electron chi connectivity index (χ1n) is 7.71. The lowest BCUT2D eigenvalue weighted by molar-refractivity contribution is -0.109. The normalized spacial score (nSPS) is 23.1. The number of nitrogens with zero attached hydrogens (tertiary/aromatic N) is 4. The van der Waals surface area contributed by atoms with Crippen molar-refractivity contribution in [2.24, 2.45) is 11.8 Å². The van der Waals surface area contributed by atoms with Crippen molar-refractivity contribution in [2.45, 2.75) is 39.3 Å². The van der Waals surface area contributed by atoms with E-state index in [4.69, 9.17) is 16.3 Å². The molecule has 1 aliphatic rings. The molecule has 2 aromatic rings. The predicted molar refractivity (Wildman–Crippen MR) is 89.2 cm³/mol. The molecule has 1 fully saturated rings. The highest BCUT2D eigenvalue weighted by molar-refractivity contribution is 6.29. The fourth-order valence-corrected chi connectivity index (χ4v) is 2.99. The fraction of sp³-hybridized carbons (Fsp3) is 0.500. The van der Waals surface area contributed by atoms with E-state index in [1.807, 2.05) is 6.92 Å². The van der Waals surface area contributed by atoms with Crippen LogP contribution in [0.1, 0.15) is 27.7 Å². The van der Waals surface area contributed by atoms with Crippen LogP contribution in [0.25, 0.3) is 5.65 Å². The largest absolute Gasteiger partial charge is 0.443 e. The van der Waals surface area contributed by atoms with E-state index in [9.17, 15) is 9.59 Å². The molecule has 3 rings (SSSR count). The van der Waals surface area contributed by atoms with E-state index in [1.165, 1.54) is 9.42 Å². The maximum Gasteiger partial charge on any atom is 0.416 e. The maximum absolute atomic E-state index is 12.8. The number of carbonyl (C=O) groups is 2. The van der Waals surface area contributed by atoms with Crippen LogP contribution in [0.15, 0.2) is 18.3 Å². The van der Waals surface area contributed by atoms with E-state index in [1.54, 1.807) is 39.1 Å². The van der Waals surface area contributed by atoms with Crippen LogP contribution in [0, 0.1) is 11.8 Å². The topological polar surface area (TPSA) is 76.8 Å². The molecular weight excluding hydrogens is 332 g/mol. The molecule has 2 aromatic heterocycles. The molecule has 3 atom stereocenters. The molecule has 0 aliphatic heterocycles. The summed E-state index contributed by atoms with van der Waals surface area (Å²) in [6, 6.07) is 2.96. The SMILES string of the molecule is CC1C(C=O)C1N(C(=O)OC(C)(C)C)c1cc(Cl)nc2ccnn12. The molecule has 2 heterocycles. The Balaban J connectivity index is 2.09. The molecule has 0 radical (unpaired) electrons. The van der Waals surface area contributed by atoms with Crippen molar-refractivity contribution in [1.82, 2.24) is 14.6 Å². The molecule has 0 saturated heterocycles. The molecule has 1 amide bonds. The number of hydrogen-bond acceptors (Lipinski definition) is 5. The lowest BCUT2D eigenvalue weighted by atomic mass is 10.2. The van der Waals surface area contributed by atoms with E-state index < -0.39 is 11.7 Å². The van der Waals surface area contributed by atoms with Gasteiger partial charge < -0.3 is 9.53 Å². The van der Waals surface area contributed by atoms with Gasteiger partial charge in [0.05, 0.1) is 12.2 Å². The van der Waals surface area contributed by atoms with Crippen LogP contribution < -0.4 is 4.90 Å². The summed E-state index contributed by atoms with van der Waals surface area (Å²) in [5.41, 5.74) is -0.147. The summed E-state index contributed by atoms with van der Waals surface area (Å²) in [5, 5.41) is 4.44. The van der Waals surface area contributed by atoms with Crippen molar-refractivity contribution >= 4 is 35.4 Å². The Morgan fingerprint density at radius 2 is 2.17 bits per heavy atom. The summed E-state index contributed by atoms with van der Waals surface area (Å²) in [4.78, 5) is 29.7. The van der Waals surface area contributed by atoms with Crippen molar-refractivity contribution in [3.8, 4) is 0 Å². The standard InChI is InChI=1S/C16H19ClN4O3/c1-9-10(8-22)14(9)20(15(23)24-16(2,3)4)13-7-11(17)19-12-5-6-18-21(12)13/h5-10,14H,1-4H3. The molecule has 0 aromatic carbocycles. The van der Waals surface area contributed by atoms with E-state index in [0.717, 1.165) is 6.29 Å². The third-order valence-electron chi connectivity index (χ3n) is 4.00. The van der Waals surface area contributed by atoms with Gasteiger partial charge >= 0.3 is 6.09 Å². The van der Waals surface area contributed by atoms with Gasteiger partial charge in [0.25, 0.3) is 0 Å². The summed E-state index contributed by atoms with van der Waals surface area (Å²) in [6.07, 6.45) is 1.90. The van der Waals surface area contributed by atoms with Gasteiger partial charge in [-0.25, -0.2) is 9.78 Å². The molecule has 1 saturated carbocycles. The van der Waals surface area contributed by atoms with Gasteiger partial charge in [0.15, 0.2) is 5.65 Å². The summed E-state index contributed by atoms with van der Waals surface area (Å²) >= 11 is 6.09. The summed E-state index contributed by atoms with van der Waals surface area (Å²) in [7, 11) is 0. The number of aromatic nitrogens is 3. The molecule has 7 nitrogen and oxygen atoms in total. The van der Waals surface area contributed by atoms with Crippen LogP contribution >= 0.6 is 11.6 Å². The van der Waals surface area contributed by atoms with Crippen LogP contribution in [0.3, 0.4) is 0 Å². The lowest BCUT2D eigenvalue weighted by Crippen LogP contribution is -2.40. The third kappa shape index (κ3) is 2.96. The number of carbonyl (C=O) groups excluding carboxylic acids is 2. The van der Waals surface area contributed by atoms with Crippen LogP contribution in [-0.2, 0) is 9.53 Å². The maximum atomic E-state index is 12.8. The van der Waals surface area contributed by atoms with Crippen molar-refractivity contribution in [1.29, 1.82) is 0 Å². The second-order valence-corrected chi connectivity index (χ2v) is 7.34. The van der Waals surface area contributed by atoms with Crippen molar-refractivity contribution < 1.29 is 14.3 Å². The molecule has 128 valence electrons. The third-order valence-corrected chi connectivity index (χ3v) is 4.19. The zero-order valence-corrected chi connectivity index (χ0v) is 14.7. The average molecular weight is 351 g/mol. The highest BCUT2D eigenvalue weighted by Gasteiger charge is 2.54. The van der Waals surface area contributed by atoms with Gasteiger partial charge in [-0.1, -0.05) is 18.5 Å². The summed E-state index contributed by atoms with van der Waals surface area (Å²) < 4.78 is 7.05. The van der Waals surface area contributed by atoms with Crippen molar-refractivity contribution in [3.63, 3.8) is 0 Å². The van der Waals surface area contributed by atoms with Crippen LogP contribution in [-0.4, -0.2) is 38.6 Å². The Bertz CT molecular complexity index is 798. The molecule has 0 spiro atoms. The Hall–Kier alpha value is -2.15. The number of rotatable bonds is 3. The monoisotopic (exact) mass is 350 g/mol. The van der Waals surface area contributed by atoms with E-state index >= 15 is 0 Å². The van der Waals surface area contributed by atoms with Crippen LogP contribution in [0.5, 0.6) is 0 Å². The average Bonchev–Trinajstić information content (AvgIpc) is 2.89. The van der Waals surface area contributed by atoms with Gasteiger partial charge in [0, 0.05) is 18.1 Å². The summed E-state index contributed by atoms with van der Waals surface area (Å²) in [5.74, 6) is 0.230. The molecule has 8 heteroatoms. The van der Waals surface area contributed by atoms with Gasteiger partial charge in [-0.05, 0) is 26.7 Å². The van der Waals surface area contributed by atoms with Gasteiger partial charge in [0.1, 0.15) is 22.9 Å². The summed E-state index contributed by atoms with van der Waals surface area (Å²) in [6.45, 7) is 7.29. The molecule has 0 N–H and O–H groups in total. The molecule has 3 unspecified atom stereocenters. The lowest BCUT2D eigenvalue weighted by Gasteiger charge is -2.28. The number of aldehydes is 1. The quantitative estimate of drug-likeness (QED) is 0.628. The first kappa shape index (κ1) is 16.7. The highest BCUT2D eigenvalue weighted by Crippen LogP contribution is 2.44. The second kappa shape index (κ2) is 5.73. The van der Waals surface area contributed by atoms with Crippen LogP contribution in [0.4, 0.5) is 10.6 Å². The van der Waals surface area contributed by atoms with Crippen LogP contribution in [0.2, 0.25) is 5.15 Å². The first-order chi connectivity index (χ1) is 11.2. The number of halogens is 1. The Labute approximate surface area is 144 Å². The number of fused-ring (bicyclic) bond motifs is 1. The minimum absolute atomic E-state index is 0.0348. The second-order valence-electron chi connectivity index (χ2n) is 6.95. The van der Waals surface area contributed by atoms with Gasteiger partial charge in [0.2, 0.25) is 0 Å². The van der Waals surface area contributed by atoms with Gasteiger partial charge in [-0.3, -0.25) is 4.90 Å². The number of ether oxygens (including phenoxy) is 1. The van der Waals surface area contributed by atoms with Crippen molar-refractivity contribution in [3.05, 3.63) is 23.5 Å². The number of hydrogen-bond donors (Lipinski definition) is 0. The highest BCUT2D eigenvalue weighted by atomic mass is 35.5. The Morgan fingerprint density at radius 1 is 1.46 bits per heavy atom. The Kier molecular flexibility index (Phi) is 3.99. The zero-order chi connectivity index (χ0) is 17.6. The molecule has 24 heavy (non-hydrogen) atoms. The van der Waals surface area contributed by atoms with E-state index in [2.05, 4.69) is 10.1 Å². The first-order valence-corrected chi connectivity index (χ1v) is 8.08. The van der Waals surface area contributed by atoms with E-state index in [0.29, 0.717) is 11.5 Å². The minimum atomic E-state index is -0.663. The zero-order valence-electron chi connectivity index (χ0n) is 13.9. The smallest absolute Gasteiger partial charge is 0.416 e. The van der Waals surface area contributed by atoms with Crippen molar-refractivity contribution in [2.75, 3.05) is 4.90 Å². The van der Waals surface area contributed by atoms with Gasteiger partial charge in [-0.15, -0.1) is 0 Å². The Morgan fingerprint density at radius 3 is 2.75 bits per heavy atom. The molecular formula is C16H19ClN4O3. The fourth-order valence-electron chi connectivity index (χ4n) is 2.80. The molecule has 0 bridgehead atoms. The molecule has 1 aliphatic carbocycles. The van der Waals surface area contributed by atoms with E-state index in [-0.39, 0.29) is 23.0 Å². The number of amides is 1. The minimum Gasteiger partial charge on any atom is -0.443 e. The van der Waals surface area contributed by atoms with Gasteiger partial charge in [-0.2, -0.15) is 9.61 Å². The predicted octanol–water partition coefficient (Wildman–Crippen LogP) is 2.96. The number of anilines is 1.